The Balaban J connectivity index is 1.35. The fourth-order valence-corrected chi connectivity index (χ4v) is 3.72. The van der Waals surface area contributed by atoms with Crippen LogP contribution in [0.2, 0.25) is 5.02 Å². The van der Waals surface area contributed by atoms with Gasteiger partial charge in [-0.1, -0.05) is 54.1 Å². The lowest BCUT2D eigenvalue weighted by Crippen LogP contribution is -2.23. The van der Waals surface area contributed by atoms with Gasteiger partial charge in [-0.15, -0.1) is 0 Å². The standard InChI is InChI=1S/C27H26ClN3O2/c28-23-9-6-21(7-10-23)8-13-26(19-31-17-16-29-20-31)33-25-14-11-24(12-15-25)30-27(32)18-22-4-2-1-3-5-22/h1-7,9-12,14-17,20,26H,8,13,18-19H2,(H,30,32). The summed E-state index contributed by atoms with van der Waals surface area (Å²) >= 11 is 6.00. The summed E-state index contributed by atoms with van der Waals surface area (Å²) in [5.74, 6) is 0.716. The van der Waals surface area contributed by atoms with Crippen LogP contribution < -0.4 is 10.1 Å². The van der Waals surface area contributed by atoms with E-state index in [1.54, 1.807) is 12.5 Å². The van der Waals surface area contributed by atoms with E-state index in [1.165, 1.54) is 5.56 Å². The summed E-state index contributed by atoms with van der Waals surface area (Å²) in [6.07, 6.45) is 7.53. The number of aryl methyl sites for hydroxylation is 1. The quantitative estimate of drug-likeness (QED) is 0.326. The number of hydrogen-bond acceptors (Lipinski definition) is 3. The minimum atomic E-state index is -0.0455. The zero-order valence-corrected chi connectivity index (χ0v) is 19.0. The molecule has 33 heavy (non-hydrogen) atoms. The minimum Gasteiger partial charge on any atom is -0.489 e. The average molecular weight is 460 g/mol. The first-order valence-corrected chi connectivity index (χ1v) is 11.3. The van der Waals surface area contributed by atoms with Crippen molar-refractivity contribution in [2.24, 2.45) is 0 Å². The second kappa shape index (κ2) is 11.3. The molecule has 0 spiro atoms. The number of rotatable bonds is 10. The van der Waals surface area contributed by atoms with Crippen LogP contribution in [0.4, 0.5) is 5.69 Å². The summed E-state index contributed by atoms with van der Waals surface area (Å²) in [7, 11) is 0. The van der Waals surface area contributed by atoms with E-state index in [0.29, 0.717) is 13.0 Å². The Morgan fingerprint density at radius 2 is 1.73 bits per heavy atom. The van der Waals surface area contributed by atoms with Crippen LogP contribution in [0.5, 0.6) is 5.75 Å². The number of anilines is 1. The monoisotopic (exact) mass is 459 g/mol. The average Bonchev–Trinajstić information content (AvgIpc) is 3.33. The predicted octanol–water partition coefficient (Wildman–Crippen LogP) is 5.80. The Bertz CT molecular complexity index is 1130. The third-order valence-corrected chi connectivity index (χ3v) is 5.54. The Labute approximate surface area is 199 Å². The molecule has 6 heteroatoms. The maximum atomic E-state index is 12.3. The van der Waals surface area contributed by atoms with Crippen molar-refractivity contribution in [3.63, 3.8) is 0 Å². The number of nitrogens with zero attached hydrogens (tertiary/aromatic N) is 2. The molecular weight excluding hydrogens is 434 g/mol. The molecule has 0 saturated heterocycles. The number of halogens is 1. The van der Waals surface area contributed by atoms with Crippen LogP contribution in [0, 0.1) is 0 Å². The van der Waals surface area contributed by atoms with Gasteiger partial charge in [0, 0.05) is 23.1 Å². The van der Waals surface area contributed by atoms with Crippen molar-refractivity contribution in [1.29, 1.82) is 0 Å². The molecule has 0 fully saturated rings. The number of benzene rings is 3. The summed E-state index contributed by atoms with van der Waals surface area (Å²) < 4.78 is 8.32. The largest absolute Gasteiger partial charge is 0.489 e. The fourth-order valence-electron chi connectivity index (χ4n) is 3.59. The fraction of sp³-hybridized carbons (Fsp3) is 0.185. The first-order chi connectivity index (χ1) is 16.1. The van der Waals surface area contributed by atoms with Gasteiger partial charge >= 0.3 is 0 Å². The number of aromatic nitrogens is 2. The van der Waals surface area contributed by atoms with E-state index in [2.05, 4.69) is 10.3 Å². The molecule has 168 valence electrons. The lowest BCUT2D eigenvalue weighted by molar-refractivity contribution is -0.115. The number of nitrogens with one attached hydrogen (secondary N) is 1. The van der Waals surface area contributed by atoms with Gasteiger partial charge in [0.15, 0.2) is 0 Å². The molecule has 1 heterocycles. The van der Waals surface area contributed by atoms with Gasteiger partial charge in [0.1, 0.15) is 11.9 Å². The van der Waals surface area contributed by atoms with E-state index in [4.69, 9.17) is 16.3 Å². The third kappa shape index (κ3) is 7.22. The van der Waals surface area contributed by atoms with Crippen molar-refractivity contribution in [2.75, 3.05) is 5.32 Å². The summed E-state index contributed by atoms with van der Waals surface area (Å²) in [6, 6.07) is 25.1. The number of carbonyl (C=O) groups is 1. The van der Waals surface area contributed by atoms with E-state index >= 15 is 0 Å². The highest BCUT2D eigenvalue weighted by Gasteiger charge is 2.13. The first kappa shape index (κ1) is 22.6. The van der Waals surface area contributed by atoms with Gasteiger partial charge in [-0.05, 0) is 60.4 Å². The van der Waals surface area contributed by atoms with Crippen LogP contribution in [-0.2, 0) is 24.2 Å². The van der Waals surface area contributed by atoms with Crippen molar-refractivity contribution in [1.82, 2.24) is 9.55 Å². The molecule has 4 rings (SSSR count). The number of hydrogen-bond donors (Lipinski definition) is 1. The molecule has 0 aliphatic heterocycles. The molecule has 1 aromatic heterocycles. The summed E-state index contributed by atoms with van der Waals surface area (Å²) in [6.45, 7) is 0.698. The van der Waals surface area contributed by atoms with Gasteiger partial charge in [0.05, 0.1) is 19.3 Å². The zero-order chi connectivity index (χ0) is 22.9. The second-order valence-corrected chi connectivity index (χ2v) is 8.34. The molecule has 0 aliphatic carbocycles. The third-order valence-electron chi connectivity index (χ3n) is 5.29. The van der Waals surface area contributed by atoms with E-state index in [0.717, 1.165) is 34.9 Å². The van der Waals surface area contributed by atoms with E-state index in [9.17, 15) is 4.79 Å². The summed E-state index contributed by atoms with van der Waals surface area (Å²) in [5, 5.41) is 3.68. The van der Waals surface area contributed by atoms with Crippen LogP contribution in [-0.4, -0.2) is 21.6 Å². The molecule has 0 radical (unpaired) electrons. The Morgan fingerprint density at radius 3 is 2.42 bits per heavy atom. The van der Waals surface area contributed by atoms with Crippen molar-refractivity contribution >= 4 is 23.2 Å². The SMILES string of the molecule is O=C(Cc1ccccc1)Nc1ccc(OC(CCc2ccc(Cl)cc2)Cn2ccnc2)cc1. The molecule has 1 unspecified atom stereocenters. The van der Waals surface area contributed by atoms with Gasteiger partial charge in [0.2, 0.25) is 5.91 Å². The van der Waals surface area contributed by atoms with Crippen LogP contribution in [0.25, 0.3) is 0 Å². The van der Waals surface area contributed by atoms with E-state index < -0.39 is 0 Å². The topological polar surface area (TPSA) is 56.1 Å². The molecule has 3 aromatic carbocycles. The lowest BCUT2D eigenvalue weighted by Gasteiger charge is -2.20. The lowest BCUT2D eigenvalue weighted by atomic mass is 10.1. The van der Waals surface area contributed by atoms with Crippen LogP contribution >= 0.6 is 11.6 Å². The molecule has 5 nitrogen and oxygen atoms in total. The van der Waals surface area contributed by atoms with Crippen LogP contribution in [0.15, 0.2) is 97.6 Å². The predicted molar refractivity (Wildman–Crippen MR) is 132 cm³/mol. The van der Waals surface area contributed by atoms with Crippen molar-refractivity contribution in [2.45, 2.75) is 31.9 Å². The van der Waals surface area contributed by atoms with Crippen molar-refractivity contribution in [3.05, 3.63) is 114 Å². The molecule has 1 N–H and O–H groups in total. The van der Waals surface area contributed by atoms with Crippen LogP contribution in [0.1, 0.15) is 17.5 Å². The zero-order valence-electron chi connectivity index (χ0n) is 18.2. The van der Waals surface area contributed by atoms with E-state index in [-0.39, 0.29) is 12.0 Å². The minimum absolute atomic E-state index is 0.0339. The highest BCUT2D eigenvalue weighted by Crippen LogP contribution is 2.20. The first-order valence-electron chi connectivity index (χ1n) is 10.9. The molecule has 1 amide bonds. The summed E-state index contributed by atoms with van der Waals surface area (Å²) in [4.78, 5) is 16.4. The van der Waals surface area contributed by atoms with Crippen molar-refractivity contribution in [3.8, 4) is 5.75 Å². The molecule has 1 atom stereocenters. The number of ether oxygens (including phenoxy) is 1. The highest BCUT2D eigenvalue weighted by molar-refractivity contribution is 6.30. The molecule has 4 aromatic rings. The Morgan fingerprint density at radius 1 is 0.970 bits per heavy atom. The summed E-state index contributed by atoms with van der Waals surface area (Å²) in [5.41, 5.74) is 2.95. The van der Waals surface area contributed by atoms with Gasteiger partial charge in [-0.2, -0.15) is 0 Å². The smallest absolute Gasteiger partial charge is 0.228 e. The maximum Gasteiger partial charge on any atom is 0.228 e. The van der Waals surface area contributed by atoms with Gasteiger partial charge in [0.25, 0.3) is 0 Å². The Kier molecular flexibility index (Phi) is 7.77. The normalized spacial score (nSPS) is 11.7. The van der Waals surface area contributed by atoms with Gasteiger partial charge < -0.3 is 14.6 Å². The number of carbonyl (C=O) groups excluding carboxylic acids is 1. The second-order valence-electron chi connectivity index (χ2n) is 7.90. The highest BCUT2D eigenvalue weighted by atomic mass is 35.5. The van der Waals surface area contributed by atoms with Gasteiger partial charge in [-0.3, -0.25) is 4.79 Å². The molecule has 0 aliphatic rings. The van der Waals surface area contributed by atoms with Gasteiger partial charge in [-0.25, -0.2) is 4.98 Å². The number of imidazole rings is 1. The van der Waals surface area contributed by atoms with Crippen molar-refractivity contribution < 1.29 is 9.53 Å². The molecule has 0 saturated carbocycles. The van der Waals surface area contributed by atoms with E-state index in [1.807, 2.05) is 89.6 Å². The molecular formula is C27H26ClN3O2. The Hall–Kier alpha value is -3.57. The molecule has 0 bridgehead atoms. The maximum absolute atomic E-state index is 12.3. The number of amides is 1. The van der Waals surface area contributed by atoms with Crippen LogP contribution in [0.3, 0.4) is 0 Å².